The Morgan fingerprint density at radius 3 is 2.47 bits per heavy atom. The molecule has 0 spiro atoms. The molecule has 30 heavy (non-hydrogen) atoms. The maximum atomic E-state index is 13.0. The molecule has 0 saturated carbocycles. The number of methoxy groups -OCH3 is 2. The van der Waals surface area contributed by atoms with Gasteiger partial charge in [0.1, 0.15) is 0 Å². The van der Waals surface area contributed by atoms with Crippen LogP contribution in [0.3, 0.4) is 0 Å². The Kier molecular flexibility index (Phi) is 7.68. The molecule has 0 saturated heterocycles. The number of pyridine rings is 1. The number of rotatable bonds is 8. The molecule has 1 heterocycles. The number of nitrogens with one attached hydrogen (secondary N) is 1. The molecule has 6 nitrogen and oxygen atoms in total. The molecular weight excluding hydrogens is 446 g/mol. The first-order chi connectivity index (χ1) is 14.6. The summed E-state index contributed by atoms with van der Waals surface area (Å²) in [7, 11) is 3.20. The summed E-state index contributed by atoms with van der Waals surface area (Å²) >= 11 is 3.41. The maximum absolute atomic E-state index is 13.0. The Bertz CT molecular complexity index is 965. The number of urea groups is 1. The van der Waals surface area contributed by atoms with Crippen LogP contribution >= 0.6 is 15.9 Å². The lowest BCUT2D eigenvalue weighted by Crippen LogP contribution is -2.36. The van der Waals surface area contributed by atoms with Crippen molar-refractivity contribution in [3.63, 3.8) is 0 Å². The number of carbonyl (C=O) groups is 1. The minimum Gasteiger partial charge on any atom is -0.493 e. The summed E-state index contributed by atoms with van der Waals surface area (Å²) in [6.45, 7) is 0.948. The fourth-order valence-corrected chi connectivity index (χ4v) is 3.25. The second-order valence-electron chi connectivity index (χ2n) is 6.62. The number of ether oxygens (including phenoxy) is 2. The van der Waals surface area contributed by atoms with Crippen LogP contribution in [0.2, 0.25) is 0 Å². The number of nitrogens with zero attached hydrogens (tertiary/aromatic N) is 2. The molecule has 0 unspecified atom stereocenters. The molecule has 7 heteroatoms. The minimum atomic E-state index is -0.178. The highest BCUT2D eigenvalue weighted by molar-refractivity contribution is 9.10. The minimum absolute atomic E-state index is 0.178. The molecule has 156 valence electrons. The van der Waals surface area contributed by atoms with E-state index in [2.05, 4.69) is 26.2 Å². The van der Waals surface area contributed by atoms with E-state index in [1.807, 2.05) is 60.7 Å². The molecule has 2 amide bonds. The molecular formula is C23H24BrN3O3. The van der Waals surface area contributed by atoms with Gasteiger partial charge in [-0.05, 0) is 54.1 Å². The van der Waals surface area contributed by atoms with Crippen LogP contribution in [-0.4, -0.2) is 36.7 Å². The molecule has 3 rings (SSSR count). The molecule has 0 aliphatic rings. The number of hydrogen-bond acceptors (Lipinski definition) is 4. The summed E-state index contributed by atoms with van der Waals surface area (Å²) in [5, 5.41) is 2.97. The van der Waals surface area contributed by atoms with E-state index in [1.165, 1.54) is 0 Å². The van der Waals surface area contributed by atoms with Gasteiger partial charge in [0, 0.05) is 41.6 Å². The fourth-order valence-electron chi connectivity index (χ4n) is 2.98. The maximum Gasteiger partial charge on any atom is 0.322 e. The van der Waals surface area contributed by atoms with E-state index in [0.29, 0.717) is 31.0 Å². The standard InChI is InChI=1S/C23H24BrN3O3/c1-29-21-11-6-17(15-22(21)30-2)16-27(14-12-19-5-3-4-13-25-19)23(28)26-20-9-7-18(24)8-10-20/h3-11,13,15H,12,14,16H2,1-2H3,(H,26,28). The monoisotopic (exact) mass is 469 g/mol. The van der Waals surface area contributed by atoms with E-state index in [-0.39, 0.29) is 6.03 Å². The zero-order valence-electron chi connectivity index (χ0n) is 17.0. The van der Waals surface area contributed by atoms with E-state index in [1.54, 1.807) is 25.3 Å². The molecule has 0 atom stereocenters. The van der Waals surface area contributed by atoms with Crippen molar-refractivity contribution in [1.29, 1.82) is 0 Å². The van der Waals surface area contributed by atoms with Crippen LogP contribution in [0.25, 0.3) is 0 Å². The highest BCUT2D eigenvalue weighted by atomic mass is 79.9. The molecule has 1 aromatic heterocycles. The van der Waals surface area contributed by atoms with E-state index in [0.717, 1.165) is 21.4 Å². The molecule has 0 fully saturated rings. The van der Waals surface area contributed by atoms with Gasteiger partial charge in [0.25, 0.3) is 0 Å². The Labute approximate surface area is 185 Å². The molecule has 2 aromatic carbocycles. The van der Waals surface area contributed by atoms with Crippen LogP contribution in [0, 0.1) is 0 Å². The number of benzene rings is 2. The normalized spacial score (nSPS) is 10.4. The molecule has 0 aliphatic heterocycles. The van der Waals surface area contributed by atoms with Crippen molar-refractivity contribution in [1.82, 2.24) is 9.88 Å². The third-order valence-electron chi connectivity index (χ3n) is 4.57. The number of anilines is 1. The van der Waals surface area contributed by atoms with Gasteiger partial charge in [-0.25, -0.2) is 4.79 Å². The van der Waals surface area contributed by atoms with E-state index >= 15 is 0 Å². The van der Waals surface area contributed by atoms with Gasteiger partial charge < -0.3 is 19.7 Å². The van der Waals surface area contributed by atoms with Crippen LogP contribution in [0.15, 0.2) is 71.3 Å². The van der Waals surface area contributed by atoms with Crippen molar-refractivity contribution in [3.8, 4) is 11.5 Å². The Morgan fingerprint density at radius 1 is 1.03 bits per heavy atom. The van der Waals surface area contributed by atoms with Crippen LogP contribution < -0.4 is 14.8 Å². The zero-order chi connectivity index (χ0) is 21.3. The summed E-state index contributed by atoms with van der Waals surface area (Å²) < 4.78 is 11.7. The average molecular weight is 470 g/mol. The summed E-state index contributed by atoms with van der Waals surface area (Å²) in [6.07, 6.45) is 2.41. The average Bonchev–Trinajstić information content (AvgIpc) is 2.78. The molecule has 3 aromatic rings. The van der Waals surface area contributed by atoms with Gasteiger partial charge in [0.05, 0.1) is 14.2 Å². The van der Waals surface area contributed by atoms with Gasteiger partial charge in [-0.2, -0.15) is 0 Å². The van der Waals surface area contributed by atoms with Gasteiger partial charge in [0.2, 0.25) is 0 Å². The highest BCUT2D eigenvalue weighted by Gasteiger charge is 2.16. The van der Waals surface area contributed by atoms with Crippen LogP contribution in [0.4, 0.5) is 10.5 Å². The largest absolute Gasteiger partial charge is 0.493 e. The zero-order valence-corrected chi connectivity index (χ0v) is 18.6. The van der Waals surface area contributed by atoms with Crippen LogP contribution in [-0.2, 0) is 13.0 Å². The summed E-state index contributed by atoms with van der Waals surface area (Å²) in [5.74, 6) is 1.29. The molecule has 0 bridgehead atoms. The third-order valence-corrected chi connectivity index (χ3v) is 5.10. The molecule has 0 radical (unpaired) electrons. The smallest absolute Gasteiger partial charge is 0.322 e. The Hall–Kier alpha value is -3.06. The van der Waals surface area contributed by atoms with E-state index in [4.69, 9.17) is 9.47 Å². The summed E-state index contributed by atoms with van der Waals surface area (Å²) in [4.78, 5) is 19.2. The van der Waals surface area contributed by atoms with Crippen molar-refractivity contribution >= 4 is 27.6 Å². The van der Waals surface area contributed by atoms with E-state index in [9.17, 15) is 4.79 Å². The predicted octanol–water partition coefficient (Wildman–Crippen LogP) is 5.14. The fraction of sp³-hybridized carbons (Fsp3) is 0.217. The number of hydrogen-bond donors (Lipinski definition) is 1. The molecule has 0 aliphatic carbocycles. The lowest BCUT2D eigenvalue weighted by molar-refractivity contribution is 0.209. The van der Waals surface area contributed by atoms with Crippen LogP contribution in [0.5, 0.6) is 11.5 Å². The number of halogens is 1. The highest BCUT2D eigenvalue weighted by Crippen LogP contribution is 2.28. The second-order valence-corrected chi connectivity index (χ2v) is 7.53. The van der Waals surface area contributed by atoms with Gasteiger partial charge in [-0.3, -0.25) is 4.98 Å². The van der Waals surface area contributed by atoms with Crippen molar-refractivity contribution < 1.29 is 14.3 Å². The van der Waals surface area contributed by atoms with E-state index < -0.39 is 0 Å². The SMILES string of the molecule is COc1ccc(CN(CCc2ccccn2)C(=O)Nc2ccc(Br)cc2)cc1OC. The number of carbonyl (C=O) groups excluding carboxylic acids is 1. The second kappa shape index (κ2) is 10.6. The van der Waals surface area contributed by atoms with Crippen molar-refractivity contribution in [3.05, 3.63) is 82.6 Å². The first-order valence-electron chi connectivity index (χ1n) is 9.51. The predicted molar refractivity (Wildman–Crippen MR) is 121 cm³/mol. The van der Waals surface area contributed by atoms with Gasteiger partial charge in [0.15, 0.2) is 11.5 Å². The Morgan fingerprint density at radius 2 is 1.80 bits per heavy atom. The lowest BCUT2D eigenvalue weighted by Gasteiger charge is -2.24. The summed E-state index contributed by atoms with van der Waals surface area (Å²) in [5.41, 5.74) is 2.62. The third kappa shape index (κ3) is 5.97. The first kappa shape index (κ1) is 21.6. The van der Waals surface area contributed by atoms with Gasteiger partial charge in [-0.1, -0.05) is 28.1 Å². The van der Waals surface area contributed by atoms with Crippen molar-refractivity contribution in [2.24, 2.45) is 0 Å². The van der Waals surface area contributed by atoms with Gasteiger partial charge in [-0.15, -0.1) is 0 Å². The van der Waals surface area contributed by atoms with Crippen LogP contribution in [0.1, 0.15) is 11.3 Å². The number of amides is 2. The first-order valence-corrected chi connectivity index (χ1v) is 10.3. The van der Waals surface area contributed by atoms with Crippen molar-refractivity contribution in [2.45, 2.75) is 13.0 Å². The summed E-state index contributed by atoms with van der Waals surface area (Å²) in [6, 6.07) is 18.8. The quantitative estimate of drug-likeness (QED) is 0.496. The number of aromatic nitrogens is 1. The van der Waals surface area contributed by atoms with Crippen molar-refractivity contribution in [2.75, 3.05) is 26.1 Å². The van der Waals surface area contributed by atoms with Gasteiger partial charge >= 0.3 is 6.03 Å². The topological polar surface area (TPSA) is 63.7 Å². The lowest BCUT2D eigenvalue weighted by atomic mass is 10.1. The Balaban J connectivity index is 1.77. The molecule has 1 N–H and O–H groups in total.